The molecule has 48 heavy (non-hydrogen) atoms. The Morgan fingerprint density at radius 2 is 1.23 bits per heavy atom. The van der Waals surface area contributed by atoms with Crippen LogP contribution in [0.4, 0.5) is 17.1 Å². The first-order chi connectivity index (χ1) is 23.8. The van der Waals surface area contributed by atoms with E-state index in [-0.39, 0.29) is 0 Å². The van der Waals surface area contributed by atoms with Crippen molar-refractivity contribution in [1.82, 2.24) is 9.97 Å². The molecular weight excluding hydrogens is 583 g/mol. The van der Waals surface area contributed by atoms with Gasteiger partial charge in [0.2, 0.25) is 0 Å². The van der Waals surface area contributed by atoms with E-state index in [9.17, 15) is 0 Å². The van der Waals surface area contributed by atoms with Gasteiger partial charge in [0.15, 0.2) is 5.82 Å². The van der Waals surface area contributed by atoms with E-state index in [0.29, 0.717) is 0 Å². The molecule has 226 valence electrons. The van der Waals surface area contributed by atoms with Crippen molar-refractivity contribution in [3.05, 3.63) is 192 Å². The van der Waals surface area contributed by atoms with Gasteiger partial charge in [-0.3, -0.25) is 0 Å². The Morgan fingerprint density at radius 1 is 0.562 bits per heavy atom. The average molecular weight is 614 g/mol. The molecule has 1 aliphatic heterocycles. The van der Waals surface area contributed by atoms with Gasteiger partial charge in [-0.2, -0.15) is 0 Å². The van der Waals surface area contributed by atoms with Crippen LogP contribution in [-0.4, -0.2) is 9.97 Å². The van der Waals surface area contributed by atoms with Crippen LogP contribution in [0.2, 0.25) is 0 Å². The number of nitrogens with zero attached hydrogens (tertiary/aromatic N) is 3. The van der Waals surface area contributed by atoms with Gasteiger partial charge in [0.05, 0.1) is 28.0 Å². The summed E-state index contributed by atoms with van der Waals surface area (Å²) < 4.78 is 0. The number of para-hydroxylation sites is 4. The van der Waals surface area contributed by atoms with Crippen molar-refractivity contribution in [2.45, 2.75) is 18.3 Å². The second-order valence-electron chi connectivity index (χ2n) is 12.8. The van der Waals surface area contributed by atoms with Crippen molar-refractivity contribution in [2.24, 2.45) is 0 Å². The fraction of sp³-hybridized carbons (Fsp3) is 0.0667. The number of anilines is 3. The summed E-state index contributed by atoms with van der Waals surface area (Å²) in [4.78, 5) is 12.7. The minimum Gasteiger partial charge on any atom is -0.310 e. The average Bonchev–Trinajstić information content (AvgIpc) is 3.45. The Bertz CT molecular complexity index is 2410. The lowest BCUT2D eigenvalue weighted by Gasteiger charge is -2.46. The van der Waals surface area contributed by atoms with Gasteiger partial charge in [-0.25, -0.2) is 9.97 Å². The largest absolute Gasteiger partial charge is 0.310 e. The summed E-state index contributed by atoms with van der Waals surface area (Å²) in [6.07, 6.45) is 6.76. The molecule has 0 unspecified atom stereocenters. The molecule has 0 N–H and O–H groups in total. The maximum Gasteiger partial charge on any atom is 0.160 e. The molecule has 6 aromatic carbocycles. The number of benzene rings is 6. The van der Waals surface area contributed by atoms with Crippen LogP contribution < -0.4 is 4.90 Å². The molecule has 10 rings (SSSR count). The third kappa shape index (κ3) is 3.76. The normalized spacial score (nSPS) is 15.3. The zero-order valence-corrected chi connectivity index (χ0v) is 26.3. The SMILES string of the molecule is C1=CC2=C(CC1)C1(c3ccc(-c4nc(-c5ccccc5)nc5ccccc45)cc32)c2ccccc2N(c2ccccc2)c2ccccc21. The molecule has 1 aromatic heterocycles. The van der Waals surface area contributed by atoms with E-state index in [2.05, 4.69) is 151 Å². The van der Waals surface area contributed by atoms with E-state index in [1.54, 1.807) is 0 Å². The Balaban J connectivity index is 1.25. The quantitative estimate of drug-likeness (QED) is 0.199. The molecule has 7 aromatic rings. The van der Waals surface area contributed by atoms with Crippen molar-refractivity contribution < 1.29 is 0 Å². The number of fused-ring (bicyclic) bond motifs is 9. The van der Waals surface area contributed by atoms with E-state index in [1.807, 2.05) is 18.2 Å². The van der Waals surface area contributed by atoms with Crippen LogP contribution in [0.15, 0.2) is 169 Å². The number of allylic oxidation sites excluding steroid dienone is 4. The zero-order chi connectivity index (χ0) is 31.7. The first-order valence-corrected chi connectivity index (χ1v) is 16.7. The highest BCUT2D eigenvalue weighted by Gasteiger charge is 2.52. The maximum absolute atomic E-state index is 5.24. The van der Waals surface area contributed by atoms with Gasteiger partial charge >= 0.3 is 0 Å². The highest BCUT2D eigenvalue weighted by molar-refractivity contribution is 6.00. The number of aromatic nitrogens is 2. The van der Waals surface area contributed by atoms with E-state index >= 15 is 0 Å². The van der Waals surface area contributed by atoms with Gasteiger partial charge < -0.3 is 4.90 Å². The molecule has 1 spiro atoms. The standard InChI is InChI=1S/C45H31N3/c1-3-15-30(16-4-1)44-46-40-24-12-8-20-34(40)43(47-44)31-27-28-37-35(29-31)33-19-7-9-21-36(33)45(37)38-22-10-13-25-41(38)48(32-17-5-2-6-18-32)42-26-14-11-23-39(42)45/h1-8,10-20,22-29H,9,21H2. The van der Waals surface area contributed by atoms with Crippen LogP contribution in [0.3, 0.4) is 0 Å². The van der Waals surface area contributed by atoms with Crippen molar-refractivity contribution in [3.63, 3.8) is 0 Å². The second kappa shape index (κ2) is 10.5. The molecule has 3 nitrogen and oxygen atoms in total. The Hall–Kier alpha value is -6.06. The molecule has 3 aliphatic rings. The topological polar surface area (TPSA) is 29.0 Å². The summed E-state index contributed by atoms with van der Waals surface area (Å²) in [5.74, 6) is 0.745. The molecule has 0 saturated carbocycles. The summed E-state index contributed by atoms with van der Waals surface area (Å²) in [5.41, 5.74) is 15.4. The molecule has 3 heteroatoms. The van der Waals surface area contributed by atoms with Gasteiger partial charge in [0, 0.05) is 22.2 Å². The molecule has 2 heterocycles. The predicted molar refractivity (Wildman–Crippen MR) is 197 cm³/mol. The highest BCUT2D eigenvalue weighted by atomic mass is 15.2. The lowest BCUT2D eigenvalue weighted by atomic mass is 9.63. The molecule has 0 bridgehead atoms. The second-order valence-corrected chi connectivity index (χ2v) is 12.8. The summed E-state index contributed by atoms with van der Waals surface area (Å²) >= 11 is 0. The van der Waals surface area contributed by atoms with E-state index < -0.39 is 5.41 Å². The van der Waals surface area contributed by atoms with Crippen LogP contribution >= 0.6 is 0 Å². The molecule has 0 atom stereocenters. The first-order valence-electron chi connectivity index (χ1n) is 16.7. The van der Waals surface area contributed by atoms with E-state index in [0.717, 1.165) is 46.4 Å². The molecule has 0 saturated heterocycles. The van der Waals surface area contributed by atoms with Crippen LogP contribution in [0.5, 0.6) is 0 Å². The highest BCUT2D eigenvalue weighted by Crippen LogP contribution is 2.64. The minimum absolute atomic E-state index is 0.393. The monoisotopic (exact) mass is 613 g/mol. The van der Waals surface area contributed by atoms with Gasteiger partial charge in [-0.05, 0) is 82.6 Å². The molecular formula is C45H31N3. The Morgan fingerprint density at radius 3 is 2.00 bits per heavy atom. The van der Waals surface area contributed by atoms with Crippen molar-refractivity contribution >= 4 is 33.5 Å². The fourth-order valence-electron chi connectivity index (χ4n) is 8.44. The number of hydrogen-bond acceptors (Lipinski definition) is 3. The summed E-state index contributed by atoms with van der Waals surface area (Å²) in [6, 6.07) is 54.6. The van der Waals surface area contributed by atoms with E-state index in [1.165, 1.54) is 50.5 Å². The third-order valence-corrected chi connectivity index (χ3v) is 10.4. The Kier molecular flexibility index (Phi) is 5.91. The zero-order valence-electron chi connectivity index (χ0n) is 26.3. The number of rotatable bonds is 3. The van der Waals surface area contributed by atoms with Crippen LogP contribution in [0.25, 0.3) is 39.1 Å². The molecule has 0 radical (unpaired) electrons. The molecule has 0 amide bonds. The number of hydrogen-bond donors (Lipinski definition) is 0. The predicted octanol–water partition coefficient (Wildman–Crippen LogP) is 11.2. The first kappa shape index (κ1) is 27.1. The van der Waals surface area contributed by atoms with Crippen LogP contribution in [-0.2, 0) is 5.41 Å². The van der Waals surface area contributed by atoms with Crippen molar-refractivity contribution in [1.29, 1.82) is 0 Å². The summed E-state index contributed by atoms with van der Waals surface area (Å²) in [7, 11) is 0. The van der Waals surface area contributed by atoms with Crippen molar-refractivity contribution in [2.75, 3.05) is 4.90 Å². The smallest absolute Gasteiger partial charge is 0.160 e. The molecule has 2 aliphatic carbocycles. The van der Waals surface area contributed by atoms with Gasteiger partial charge in [-0.1, -0.05) is 127 Å². The van der Waals surface area contributed by atoms with Gasteiger partial charge in [0.25, 0.3) is 0 Å². The minimum atomic E-state index is -0.393. The summed E-state index contributed by atoms with van der Waals surface area (Å²) in [5, 5.41) is 1.06. The molecule has 0 fully saturated rings. The van der Waals surface area contributed by atoms with Gasteiger partial charge in [-0.15, -0.1) is 0 Å². The van der Waals surface area contributed by atoms with Crippen LogP contribution in [0, 0.1) is 0 Å². The summed E-state index contributed by atoms with van der Waals surface area (Å²) in [6.45, 7) is 0. The third-order valence-electron chi connectivity index (χ3n) is 10.4. The maximum atomic E-state index is 5.24. The lowest BCUT2D eigenvalue weighted by molar-refractivity contribution is 0.687. The van der Waals surface area contributed by atoms with E-state index in [4.69, 9.17) is 9.97 Å². The lowest BCUT2D eigenvalue weighted by Crippen LogP contribution is -2.37. The Labute approximate surface area is 280 Å². The van der Waals surface area contributed by atoms with Crippen LogP contribution in [0.1, 0.15) is 35.1 Å². The van der Waals surface area contributed by atoms with Crippen molar-refractivity contribution in [3.8, 4) is 22.6 Å². The fourth-order valence-corrected chi connectivity index (χ4v) is 8.44. The van der Waals surface area contributed by atoms with Gasteiger partial charge in [0.1, 0.15) is 0 Å².